The Hall–Kier alpha value is -2.90. The van der Waals surface area contributed by atoms with E-state index in [9.17, 15) is 18.0 Å². The molecule has 2 aromatic carbocycles. The van der Waals surface area contributed by atoms with Crippen molar-refractivity contribution in [3.63, 3.8) is 0 Å². The van der Waals surface area contributed by atoms with Crippen LogP contribution in [0.25, 0.3) is 0 Å². The van der Waals surface area contributed by atoms with E-state index in [0.29, 0.717) is 13.0 Å². The van der Waals surface area contributed by atoms with Crippen LogP contribution in [0.15, 0.2) is 48.5 Å². The lowest BCUT2D eigenvalue weighted by Crippen LogP contribution is -2.31. The Labute approximate surface area is 149 Å². The van der Waals surface area contributed by atoms with Gasteiger partial charge in [0.25, 0.3) is 0 Å². The number of nitrogens with zero attached hydrogens (tertiary/aromatic N) is 1. The Bertz CT molecular complexity index is 714. The van der Waals surface area contributed by atoms with Gasteiger partial charge in [-0.15, -0.1) is 0 Å². The molecule has 26 heavy (non-hydrogen) atoms. The van der Waals surface area contributed by atoms with E-state index in [1.807, 2.05) is 37.4 Å². The van der Waals surface area contributed by atoms with Gasteiger partial charge in [-0.3, -0.25) is 0 Å². The number of anilines is 2. The Balaban J connectivity index is 1.72. The summed E-state index contributed by atoms with van der Waals surface area (Å²) in [5.74, 6) is -1.55. The van der Waals surface area contributed by atoms with E-state index in [4.69, 9.17) is 0 Å². The van der Waals surface area contributed by atoms with Gasteiger partial charge in [0.05, 0.1) is 0 Å². The minimum absolute atomic E-state index is 0.142. The predicted molar refractivity (Wildman–Crippen MR) is 94.4 cm³/mol. The molecule has 0 spiro atoms. The number of rotatable bonds is 8. The van der Waals surface area contributed by atoms with E-state index in [2.05, 4.69) is 20.3 Å². The zero-order valence-electron chi connectivity index (χ0n) is 14.2. The number of halogens is 3. The van der Waals surface area contributed by atoms with Gasteiger partial charge in [0.2, 0.25) is 0 Å². The number of alkyl halides is 2. The van der Waals surface area contributed by atoms with Crippen molar-refractivity contribution in [3.05, 3.63) is 54.3 Å². The lowest BCUT2D eigenvalue weighted by atomic mass is 10.3. The van der Waals surface area contributed by atoms with E-state index in [1.165, 1.54) is 6.07 Å². The van der Waals surface area contributed by atoms with Gasteiger partial charge in [-0.2, -0.15) is 8.78 Å². The SMILES string of the molecule is CN(CCCNC(=O)Nc1ccc(OC(F)F)c(F)c1)c1ccccc1. The van der Waals surface area contributed by atoms with Crippen molar-refractivity contribution in [2.75, 3.05) is 30.4 Å². The topological polar surface area (TPSA) is 53.6 Å². The summed E-state index contributed by atoms with van der Waals surface area (Å²) in [5, 5.41) is 5.09. The highest BCUT2D eigenvalue weighted by molar-refractivity contribution is 5.89. The fourth-order valence-electron chi connectivity index (χ4n) is 2.28. The lowest BCUT2D eigenvalue weighted by Gasteiger charge is -2.19. The zero-order valence-corrected chi connectivity index (χ0v) is 14.2. The zero-order chi connectivity index (χ0) is 18.9. The molecule has 0 saturated carbocycles. The number of benzene rings is 2. The van der Waals surface area contributed by atoms with Crippen LogP contribution in [0.3, 0.4) is 0 Å². The molecule has 0 heterocycles. The van der Waals surface area contributed by atoms with Crippen LogP contribution in [0.2, 0.25) is 0 Å². The van der Waals surface area contributed by atoms with Gasteiger partial charge in [-0.25, -0.2) is 9.18 Å². The summed E-state index contributed by atoms with van der Waals surface area (Å²) < 4.78 is 41.7. The van der Waals surface area contributed by atoms with Crippen LogP contribution in [-0.4, -0.2) is 32.8 Å². The minimum Gasteiger partial charge on any atom is -0.432 e. The second kappa shape index (κ2) is 9.55. The van der Waals surface area contributed by atoms with Crippen molar-refractivity contribution in [1.82, 2.24) is 5.32 Å². The van der Waals surface area contributed by atoms with E-state index >= 15 is 0 Å². The number of urea groups is 1. The summed E-state index contributed by atoms with van der Waals surface area (Å²) in [4.78, 5) is 13.9. The van der Waals surface area contributed by atoms with Crippen molar-refractivity contribution in [1.29, 1.82) is 0 Å². The Morgan fingerprint density at radius 3 is 2.58 bits per heavy atom. The van der Waals surface area contributed by atoms with Gasteiger partial charge in [-0.1, -0.05) is 18.2 Å². The van der Waals surface area contributed by atoms with Crippen molar-refractivity contribution in [2.45, 2.75) is 13.0 Å². The molecule has 2 rings (SSSR count). The van der Waals surface area contributed by atoms with E-state index in [1.54, 1.807) is 0 Å². The fourth-order valence-corrected chi connectivity index (χ4v) is 2.28. The first-order chi connectivity index (χ1) is 12.5. The number of para-hydroxylation sites is 1. The van der Waals surface area contributed by atoms with Crippen LogP contribution in [0.5, 0.6) is 5.75 Å². The molecule has 2 amide bonds. The molecule has 2 aromatic rings. The molecule has 0 atom stereocenters. The third-order valence-corrected chi connectivity index (χ3v) is 3.56. The number of carbonyl (C=O) groups excluding carboxylic acids is 1. The maximum atomic E-state index is 13.6. The normalized spacial score (nSPS) is 10.5. The largest absolute Gasteiger partial charge is 0.432 e. The number of hydrogen-bond acceptors (Lipinski definition) is 3. The molecule has 0 aliphatic heterocycles. The van der Waals surface area contributed by atoms with Gasteiger partial charge in [-0.05, 0) is 30.7 Å². The fraction of sp³-hybridized carbons (Fsp3) is 0.278. The quantitative estimate of drug-likeness (QED) is 0.692. The average Bonchev–Trinajstić information content (AvgIpc) is 2.61. The third kappa shape index (κ3) is 6.19. The van der Waals surface area contributed by atoms with Crippen LogP contribution >= 0.6 is 0 Å². The second-order valence-corrected chi connectivity index (χ2v) is 5.52. The Morgan fingerprint density at radius 1 is 1.19 bits per heavy atom. The first-order valence-electron chi connectivity index (χ1n) is 8.01. The molecule has 0 bridgehead atoms. The Morgan fingerprint density at radius 2 is 1.92 bits per heavy atom. The van der Waals surface area contributed by atoms with Crippen LogP contribution in [0.1, 0.15) is 6.42 Å². The monoisotopic (exact) mass is 367 g/mol. The number of hydrogen-bond donors (Lipinski definition) is 2. The number of amides is 2. The van der Waals surface area contributed by atoms with Crippen molar-refractivity contribution < 1.29 is 22.7 Å². The minimum atomic E-state index is -3.11. The number of nitrogens with one attached hydrogen (secondary N) is 2. The number of ether oxygens (including phenoxy) is 1. The summed E-state index contributed by atoms with van der Waals surface area (Å²) >= 11 is 0. The molecule has 0 saturated heterocycles. The van der Waals surface area contributed by atoms with Crippen molar-refractivity contribution in [3.8, 4) is 5.75 Å². The Kier molecular flexibility index (Phi) is 7.13. The molecule has 0 aromatic heterocycles. The predicted octanol–water partition coefficient (Wildman–Crippen LogP) is 4.08. The number of carbonyl (C=O) groups is 1. The van der Waals surface area contributed by atoms with E-state index in [0.717, 1.165) is 24.4 Å². The highest BCUT2D eigenvalue weighted by atomic mass is 19.3. The molecule has 0 aliphatic carbocycles. The van der Waals surface area contributed by atoms with Crippen LogP contribution in [-0.2, 0) is 0 Å². The standard InChI is InChI=1S/C18H20F3N3O2/c1-24(14-6-3-2-4-7-14)11-5-10-22-18(25)23-13-8-9-16(15(19)12-13)26-17(20)21/h2-4,6-9,12,17H,5,10-11H2,1H3,(H2,22,23,25). The summed E-state index contributed by atoms with van der Waals surface area (Å²) in [6.07, 6.45) is 0.717. The van der Waals surface area contributed by atoms with Gasteiger partial charge in [0, 0.05) is 37.6 Å². The molecule has 2 N–H and O–H groups in total. The van der Waals surface area contributed by atoms with Crippen LogP contribution in [0.4, 0.5) is 29.3 Å². The first kappa shape index (κ1) is 19.4. The van der Waals surface area contributed by atoms with Crippen molar-refractivity contribution >= 4 is 17.4 Å². The average molecular weight is 367 g/mol. The first-order valence-corrected chi connectivity index (χ1v) is 8.01. The molecular weight excluding hydrogens is 347 g/mol. The van der Waals surface area contributed by atoms with E-state index < -0.39 is 24.2 Å². The highest BCUT2D eigenvalue weighted by Gasteiger charge is 2.11. The summed E-state index contributed by atoms with van der Waals surface area (Å²) in [6.45, 7) is -1.93. The molecule has 8 heteroatoms. The summed E-state index contributed by atoms with van der Waals surface area (Å²) in [6, 6.07) is 12.6. The molecule has 5 nitrogen and oxygen atoms in total. The molecular formula is C18H20F3N3O2. The van der Waals surface area contributed by atoms with Gasteiger partial charge >= 0.3 is 12.6 Å². The van der Waals surface area contributed by atoms with Crippen LogP contribution in [0, 0.1) is 5.82 Å². The van der Waals surface area contributed by atoms with E-state index in [-0.39, 0.29) is 5.69 Å². The molecule has 140 valence electrons. The molecule has 0 radical (unpaired) electrons. The van der Waals surface area contributed by atoms with Gasteiger partial charge in [0.1, 0.15) is 0 Å². The molecule has 0 unspecified atom stereocenters. The lowest BCUT2D eigenvalue weighted by molar-refractivity contribution is -0.0521. The molecule has 0 fully saturated rings. The van der Waals surface area contributed by atoms with Crippen molar-refractivity contribution in [2.24, 2.45) is 0 Å². The second-order valence-electron chi connectivity index (χ2n) is 5.52. The van der Waals surface area contributed by atoms with Crippen LogP contribution < -0.4 is 20.3 Å². The van der Waals surface area contributed by atoms with Gasteiger partial charge < -0.3 is 20.3 Å². The third-order valence-electron chi connectivity index (χ3n) is 3.56. The van der Waals surface area contributed by atoms with Gasteiger partial charge in [0.15, 0.2) is 11.6 Å². The maximum absolute atomic E-state index is 13.6. The molecule has 0 aliphatic rings. The summed E-state index contributed by atoms with van der Waals surface area (Å²) in [5.41, 5.74) is 1.22. The highest BCUT2D eigenvalue weighted by Crippen LogP contribution is 2.22. The summed E-state index contributed by atoms with van der Waals surface area (Å²) in [7, 11) is 1.96. The maximum Gasteiger partial charge on any atom is 0.387 e. The smallest absolute Gasteiger partial charge is 0.387 e.